The predicted octanol–water partition coefficient (Wildman–Crippen LogP) is 4.86. The fourth-order valence-corrected chi connectivity index (χ4v) is 4.14. The average Bonchev–Trinajstić information content (AvgIpc) is 2.85. The first-order chi connectivity index (χ1) is 9.84. The van der Waals surface area contributed by atoms with Gasteiger partial charge in [0.1, 0.15) is 0 Å². The Morgan fingerprint density at radius 2 is 1.86 bits per heavy atom. The van der Waals surface area contributed by atoms with Crippen LogP contribution in [0.2, 0.25) is 18.1 Å². The molecule has 0 aliphatic heterocycles. The zero-order valence-corrected chi connectivity index (χ0v) is 17.8. The van der Waals surface area contributed by atoms with Crippen LogP contribution in [0, 0.1) is 0 Å². The fraction of sp³-hybridized carbons (Fsp3) is 0.750. The second-order valence-electron chi connectivity index (χ2n) is 8.14. The lowest BCUT2D eigenvalue weighted by Gasteiger charge is -2.37. The van der Waals surface area contributed by atoms with Crippen LogP contribution in [0.4, 0.5) is 0 Å². The molecule has 0 aliphatic rings. The Balaban J connectivity index is 2.84. The quantitative estimate of drug-likeness (QED) is 0.735. The third-order valence-corrected chi connectivity index (χ3v) is 11.2. The molecule has 0 saturated carbocycles. The SMILES string of the molecule is CC(C)(C)S(=O)N[C@H](CO[Si](C)(C)C(C)(C)C)c1cccs1. The molecule has 1 aromatic heterocycles. The van der Waals surface area contributed by atoms with Crippen molar-refractivity contribution in [1.82, 2.24) is 4.72 Å². The molecular weight excluding hydrogens is 330 g/mol. The van der Waals surface area contributed by atoms with Gasteiger partial charge in [-0.05, 0) is 50.3 Å². The minimum absolute atomic E-state index is 0.0193. The van der Waals surface area contributed by atoms with E-state index in [0.717, 1.165) is 0 Å². The van der Waals surface area contributed by atoms with Gasteiger partial charge >= 0.3 is 0 Å². The van der Waals surface area contributed by atoms with Crippen LogP contribution < -0.4 is 4.72 Å². The van der Waals surface area contributed by atoms with E-state index in [1.54, 1.807) is 11.3 Å². The molecular formula is C16H31NO2S2Si. The molecule has 0 aliphatic carbocycles. The van der Waals surface area contributed by atoms with Crippen LogP contribution in [0.15, 0.2) is 17.5 Å². The molecule has 3 nitrogen and oxygen atoms in total. The normalized spacial score (nSPS) is 16.5. The molecule has 0 aromatic carbocycles. The van der Waals surface area contributed by atoms with Crippen LogP contribution in [0.3, 0.4) is 0 Å². The third-order valence-electron chi connectivity index (χ3n) is 4.11. The maximum absolute atomic E-state index is 12.5. The molecule has 0 spiro atoms. The van der Waals surface area contributed by atoms with E-state index in [-0.39, 0.29) is 15.8 Å². The summed E-state index contributed by atoms with van der Waals surface area (Å²) in [5, 5.41) is 2.23. The Bertz CT molecular complexity index is 487. The van der Waals surface area contributed by atoms with Gasteiger partial charge in [-0.25, -0.2) is 8.93 Å². The fourth-order valence-electron chi connectivity index (χ4n) is 1.48. The number of thiophene rings is 1. The molecule has 128 valence electrons. The summed E-state index contributed by atoms with van der Waals surface area (Å²) in [5.41, 5.74) is 0. The van der Waals surface area contributed by atoms with Crippen LogP contribution in [0.1, 0.15) is 52.5 Å². The molecule has 22 heavy (non-hydrogen) atoms. The summed E-state index contributed by atoms with van der Waals surface area (Å²) >= 11 is 1.68. The molecule has 0 radical (unpaired) electrons. The van der Waals surface area contributed by atoms with Gasteiger partial charge in [0.15, 0.2) is 8.32 Å². The molecule has 1 heterocycles. The van der Waals surface area contributed by atoms with Crippen molar-refractivity contribution in [1.29, 1.82) is 0 Å². The minimum atomic E-state index is -1.81. The average molecular weight is 362 g/mol. The van der Waals surface area contributed by atoms with Crippen molar-refractivity contribution in [3.05, 3.63) is 22.4 Å². The zero-order valence-electron chi connectivity index (χ0n) is 15.1. The third kappa shape index (κ3) is 5.56. The highest BCUT2D eigenvalue weighted by atomic mass is 32.2. The number of nitrogens with one attached hydrogen (secondary N) is 1. The van der Waals surface area contributed by atoms with E-state index in [0.29, 0.717) is 6.61 Å². The van der Waals surface area contributed by atoms with Crippen LogP contribution in [-0.4, -0.2) is 23.9 Å². The Kier molecular flexibility index (Phi) is 6.61. The summed E-state index contributed by atoms with van der Waals surface area (Å²) in [5.74, 6) is 0. The standard InChI is InChI=1S/C16H31NO2S2Si/c1-15(2,3)21(18)17-13(14-10-9-11-20-14)12-19-22(7,8)16(4,5)6/h9-11,13,17H,12H2,1-8H3/t13-,21?/m1/s1. The van der Waals surface area contributed by atoms with Gasteiger partial charge in [0.2, 0.25) is 0 Å². The molecule has 0 amide bonds. The van der Waals surface area contributed by atoms with Gasteiger partial charge < -0.3 is 4.43 Å². The Hall–Kier alpha value is -0.0131. The van der Waals surface area contributed by atoms with Crippen molar-refractivity contribution >= 4 is 30.6 Å². The molecule has 1 N–H and O–H groups in total. The van der Waals surface area contributed by atoms with E-state index in [1.165, 1.54) is 4.88 Å². The van der Waals surface area contributed by atoms with E-state index in [9.17, 15) is 4.21 Å². The molecule has 1 unspecified atom stereocenters. The molecule has 1 rings (SSSR count). The van der Waals surface area contributed by atoms with Crippen LogP contribution in [-0.2, 0) is 15.4 Å². The van der Waals surface area contributed by atoms with Gasteiger partial charge in [0.25, 0.3) is 0 Å². The van der Waals surface area contributed by atoms with Gasteiger partial charge in [-0.15, -0.1) is 11.3 Å². The van der Waals surface area contributed by atoms with Crippen LogP contribution in [0.25, 0.3) is 0 Å². The Morgan fingerprint density at radius 3 is 2.27 bits per heavy atom. The van der Waals surface area contributed by atoms with E-state index >= 15 is 0 Å². The van der Waals surface area contributed by atoms with E-state index in [2.05, 4.69) is 50.0 Å². The summed E-state index contributed by atoms with van der Waals surface area (Å²) < 4.78 is 21.8. The van der Waals surface area contributed by atoms with Gasteiger partial charge in [-0.1, -0.05) is 26.8 Å². The van der Waals surface area contributed by atoms with E-state index < -0.39 is 19.3 Å². The summed E-state index contributed by atoms with van der Waals surface area (Å²) in [4.78, 5) is 1.18. The van der Waals surface area contributed by atoms with Gasteiger partial charge in [0, 0.05) is 4.88 Å². The maximum atomic E-state index is 12.5. The predicted molar refractivity (Wildman–Crippen MR) is 101 cm³/mol. The van der Waals surface area contributed by atoms with Gasteiger partial charge in [0.05, 0.1) is 28.4 Å². The van der Waals surface area contributed by atoms with E-state index in [1.807, 2.05) is 26.8 Å². The van der Waals surface area contributed by atoms with Gasteiger partial charge in [-0.2, -0.15) is 0 Å². The van der Waals surface area contributed by atoms with Crippen molar-refractivity contribution in [2.75, 3.05) is 6.61 Å². The van der Waals surface area contributed by atoms with Crippen molar-refractivity contribution in [3.8, 4) is 0 Å². The summed E-state index contributed by atoms with van der Waals surface area (Å²) in [6.07, 6.45) is 0. The Morgan fingerprint density at radius 1 is 1.27 bits per heavy atom. The molecule has 0 bridgehead atoms. The van der Waals surface area contributed by atoms with Crippen molar-refractivity contribution in [2.24, 2.45) is 0 Å². The van der Waals surface area contributed by atoms with Gasteiger partial charge in [-0.3, -0.25) is 0 Å². The highest BCUT2D eigenvalue weighted by molar-refractivity contribution is 7.84. The Labute approximate surface area is 143 Å². The van der Waals surface area contributed by atoms with Crippen LogP contribution >= 0.6 is 11.3 Å². The number of rotatable bonds is 6. The second kappa shape index (κ2) is 7.26. The first-order valence-electron chi connectivity index (χ1n) is 7.70. The van der Waals surface area contributed by atoms with Crippen molar-refractivity contribution in [2.45, 2.75) is 70.5 Å². The second-order valence-corrected chi connectivity index (χ2v) is 15.9. The number of hydrogen-bond acceptors (Lipinski definition) is 3. The maximum Gasteiger partial charge on any atom is 0.192 e. The molecule has 0 saturated heterocycles. The minimum Gasteiger partial charge on any atom is -0.415 e. The zero-order chi connectivity index (χ0) is 17.2. The lowest BCUT2D eigenvalue weighted by Crippen LogP contribution is -2.44. The first-order valence-corrected chi connectivity index (χ1v) is 12.6. The first kappa shape index (κ1) is 20.0. The highest BCUT2D eigenvalue weighted by Crippen LogP contribution is 2.37. The lowest BCUT2D eigenvalue weighted by molar-refractivity contribution is 0.259. The van der Waals surface area contributed by atoms with Crippen LogP contribution in [0.5, 0.6) is 0 Å². The van der Waals surface area contributed by atoms with Crippen molar-refractivity contribution in [3.63, 3.8) is 0 Å². The lowest BCUT2D eigenvalue weighted by atomic mass is 10.2. The molecule has 2 atom stereocenters. The summed E-state index contributed by atoms with van der Waals surface area (Å²) in [6.45, 7) is 17.7. The molecule has 0 fully saturated rings. The topological polar surface area (TPSA) is 38.3 Å². The smallest absolute Gasteiger partial charge is 0.192 e. The molecule has 1 aromatic rings. The summed E-state index contributed by atoms with van der Waals surface area (Å²) in [6, 6.07) is 4.09. The number of hydrogen-bond donors (Lipinski definition) is 1. The molecule has 6 heteroatoms. The van der Waals surface area contributed by atoms with Crippen molar-refractivity contribution < 1.29 is 8.63 Å². The summed E-state index contributed by atoms with van der Waals surface area (Å²) in [7, 11) is -2.92. The largest absolute Gasteiger partial charge is 0.415 e. The van der Waals surface area contributed by atoms with E-state index in [4.69, 9.17) is 4.43 Å². The monoisotopic (exact) mass is 361 g/mol. The highest BCUT2D eigenvalue weighted by Gasteiger charge is 2.38.